The molecule has 1 aliphatic heterocycles. The molecule has 13 heavy (non-hydrogen) atoms. The molecule has 0 aliphatic carbocycles. The van der Waals surface area contributed by atoms with E-state index in [-0.39, 0.29) is 0 Å². The van der Waals surface area contributed by atoms with E-state index in [4.69, 9.17) is 0 Å². The standard InChI is InChI=1S/C12H25N/c1-5-11-9-7-8-10-13(11)12(3,4)6-2/h11H,5-10H2,1-4H3. The van der Waals surface area contributed by atoms with Crippen LogP contribution < -0.4 is 0 Å². The van der Waals surface area contributed by atoms with Crippen LogP contribution in [-0.2, 0) is 0 Å². The molecule has 1 atom stereocenters. The average Bonchev–Trinajstić information content (AvgIpc) is 2.18. The van der Waals surface area contributed by atoms with Crippen molar-refractivity contribution in [2.75, 3.05) is 6.54 Å². The lowest BCUT2D eigenvalue weighted by Gasteiger charge is -2.46. The molecule has 1 aliphatic rings. The number of hydrogen-bond donors (Lipinski definition) is 0. The summed E-state index contributed by atoms with van der Waals surface area (Å²) in [6.45, 7) is 10.7. The fraction of sp³-hybridized carbons (Fsp3) is 1.00. The quantitative estimate of drug-likeness (QED) is 0.648. The molecule has 0 N–H and O–H groups in total. The zero-order valence-electron chi connectivity index (χ0n) is 9.77. The van der Waals surface area contributed by atoms with Gasteiger partial charge < -0.3 is 0 Å². The van der Waals surface area contributed by atoms with Gasteiger partial charge in [-0.05, 0) is 46.1 Å². The number of likely N-dealkylation sites (tertiary alicyclic amines) is 1. The molecule has 1 nitrogen and oxygen atoms in total. The normalized spacial score (nSPS) is 26.3. The number of piperidine rings is 1. The summed E-state index contributed by atoms with van der Waals surface area (Å²) in [5, 5.41) is 0. The van der Waals surface area contributed by atoms with Crippen LogP contribution in [0.3, 0.4) is 0 Å². The van der Waals surface area contributed by atoms with Crippen molar-refractivity contribution in [3.8, 4) is 0 Å². The van der Waals surface area contributed by atoms with Gasteiger partial charge in [-0.15, -0.1) is 0 Å². The first-order chi connectivity index (χ1) is 6.11. The van der Waals surface area contributed by atoms with Gasteiger partial charge in [0, 0.05) is 11.6 Å². The third kappa shape index (κ3) is 2.46. The molecule has 0 bridgehead atoms. The van der Waals surface area contributed by atoms with Crippen LogP contribution in [0, 0.1) is 0 Å². The first-order valence-electron chi connectivity index (χ1n) is 5.88. The third-order valence-corrected chi connectivity index (χ3v) is 3.74. The van der Waals surface area contributed by atoms with Crippen LogP contribution in [0.2, 0.25) is 0 Å². The summed E-state index contributed by atoms with van der Waals surface area (Å²) in [5.74, 6) is 0. The molecule has 0 radical (unpaired) electrons. The predicted octanol–water partition coefficient (Wildman–Crippen LogP) is 3.44. The molecule has 0 saturated carbocycles. The van der Waals surface area contributed by atoms with Crippen molar-refractivity contribution in [1.29, 1.82) is 0 Å². The van der Waals surface area contributed by atoms with E-state index in [0.717, 1.165) is 6.04 Å². The number of nitrogens with zero attached hydrogens (tertiary/aromatic N) is 1. The van der Waals surface area contributed by atoms with Crippen molar-refractivity contribution in [3.63, 3.8) is 0 Å². The molecule has 78 valence electrons. The molecule has 1 saturated heterocycles. The maximum absolute atomic E-state index is 2.73. The lowest BCUT2D eigenvalue weighted by Crippen LogP contribution is -2.51. The summed E-state index contributed by atoms with van der Waals surface area (Å²) in [7, 11) is 0. The molecule has 0 spiro atoms. The number of hydrogen-bond acceptors (Lipinski definition) is 1. The van der Waals surface area contributed by atoms with E-state index in [1.165, 1.54) is 38.6 Å². The van der Waals surface area contributed by atoms with Crippen LogP contribution >= 0.6 is 0 Å². The average molecular weight is 183 g/mol. The van der Waals surface area contributed by atoms with Gasteiger partial charge in [-0.3, -0.25) is 4.90 Å². The molecule has 0 aromatic rings. The second-order valence-electron chi connectivity index (χ2n) is 4.92. The predicted molar refractivity (Wildman–Crippen MR) is 59.0 cm³/mol. The minimum atomic E-state index is 0.418. The Morgan fingerprint density at radius 1 is 1.23 bits per heavy atom. The minimum Gasteiger partial charge on any atom is -0.295 e. The molecular weight excluding hydrogens is 158 g/mol. The van der Waals surface area contributed by atoms with Crippen LogP contribution in [0.5, 0.6) is 0 Å². The van der Waals surface area contributed by atoms with Crippen LogP contribution in [-0.4, -0.2) is 23.0 Å². The monoisotopic (exact) mass is 183 g/mol. The topological polar surface area (TPSA) is 3.24 Å². The minimum absolute atomic E-state index is 0.418. The molecule has 1 heteroatoms. The summed E-state index contributed by atoms with van der Waals surface area (Å²) < 4.78 is 0. The lowest BCUT2D eigenvalue weighted by atomic mass is 9.90. The van der Waals surface area contributed by atoms with Crippen LogP contribution in [0.1, 0.15) is 59.8 Å². The maximum atomic E-state index is 2.73. The van der Waals surface area contributed by atoms with Gasteiger partial charge in [0.05, 0.1) is 0 Å². The van der Waals surface area contributed by atoms with E-state index >= 15 is 0 Å². The third-order valence-electron chi connectivity index (χ3n) is 3.74. The van der Waals surface area contributed by atoms with E-state index in [1.807, 2.05) is 0 Å². The molecule has 1 fully saturated rings. The summed E-state index contributed by atoms with van der Waals surface area (Å²) in [5.41, 5.74) is 0.418. The second-order valence-corrected chi connectivity index (χ2v) is 4.92. The number of rotatable bonds is 3. The van der Waals surface area contributed by atoms with Gasteiger partial charge in [-0.25, -0.2) is 0 Å². The van der Waals surface area contributed by atoms with Gasteiger partial charge in [0.1, 0.15) is 0 Å². The van der Waals surface area contributed by atoms with E-state index in [2.05, 4.69) is 32.6 Å². The molecular formula is C12H25N. The summed E-state index contributed by atoms with van der Waals surface area (Å²) in [4.78, 5) is 2.73. The Hall–Kier alpha value is -0.0400. The second kappa shape index (κ2) is 4.45. The smallest absolute Gasteiger partial charge is 0.0153 e. The van der Waals surface area contributed by atoms with Crippen LogP contribution in [0.4, 0.5) is 0 Å². The van der Waals surface area contributed by atoms with Crippen molar-refractivity contribution in [3.05, 3.63) is 0 Å². The van der Waals surface area contributed by atoms with Crippen molar-refractivity contribution < 1.29 is 0 Å². The Morgan fingerprint density at radius 2 is 1.92 bits per heavy atom. The highest BCUT2D eigenvalue weighted by Gasteiger charge is 2.31. The highest BCUT2D eigenvalue weighted by atomic mass is 15.2. The molecule has 1 heterocycles. The SMILES string of the molecule is CCC1CCCCN1C(C)(C)CC. The van der Waals surface area contributed by atoms with Crippen molar-refractivity contribution >= 4 is 0 Å². The molecule has 1 unspecified atom stereocenters. The van der Waals surface area contributed by atoms with Gasteiger partial charge in [0.15, 0.2) is 0 Å². The van der Waals surface area contributed by atoms with E-state index in [9.17, 15) is 0 Å². The molecule has 0 aromatic heterocycles. The Labute approximate surface area is 83.5 Å². The highest BCUT2D eigenvalue weighted by Crippen LogP contribution is 2.29. The Kier molecular flexibility index (Phi) is 3.78. The fourth-order valence-corrected chi connectivity index (χ4v) is 2.43. The van der Waals surface area contributed by atoms with Crippen LogP contribution in [0.25, 0.3) is 0 Å². The molecule has 0 amide bonds. The Bertz CT molecular complexity index is 151. The van der Waals surface area contributed by atoms with Gasteiger partial charge in [0.2, 0.25) is 0 Å². The Morgan fingerprint density at radius 3 is 2.46 bits per heavy atom. The van der Waals surface area contributed by atoms with E-state index < -0.39 is 0 Å². The zero-order chi connectivity index (χ0) is 9.90. The lowest BCUT2D eigenvalue weighted by molar-refractivity contribution is 0.0355. The van der Waals surface area contributed by atoms with Gasteiger partial charge >= 0.3 is 0 Å². The van der Waals surface area contributed by atoms with Crippen LogP contribution in [0.15, 0.2) is 0 Å². The van der Waals surface area contributed by atoms with Crippen molar-refractivity contribution in [2.24, 2.45) is 0 Å². The van der Waals surface area contributed by atoms with Crippen molar-refractivity contribution in [2.45, 2.75) is 71.4 Å². The summed E-state index contributed by atoms with van der Waals surface area (Å²) >= 11 is 0. The van der Waals surface area contributed by atoms with Gasteiger partial charge in [0.25, 0.3) is 0 Å². The Balaban J connectivity index is 2.63. The maximum Gasteiger partial charge on any atom is 0.0153 e. The fourth-order valence-electron chi connectivity index (χ4n) is 2.43. The highest BCUT2D eigenvalue weighted by molar-refractivity contribution is 4.87. The van der Waals surface area contributed by atoms with Gasteiger partial charge in [-0.2, -0.15) is 0 Å². The first kappa shape index (κ1) is 11.0. The summed E-state index contributed by atoms with van der Waals surface area (Å²) in [6, 6.07) is 0.851. The van der Waals surface area contributed by atoms with Crippen molar-refractivity contribution in [1.82, 2.24) is 4.90 Å². The van der Waals surface area contributed by atoms with Gasteiger partial charge in [-0.1, -0.05) is 20.3 Å². The summed E-state index contributed by atoms with van der Waals surface area (Å²) in [6.07, 6.45) is 6.85. The first-order valence-corrected chi connectivity index (χ1v) is 5.88. The largest absolute Gasteiger partial charge is 0.295 e. The zero-order valence-corrected chi connectivity index (χ0v) is 9.77. The van der Waals surface area contributed by atoms with E-state index in [1.54, 1.807) is 0 Å². The van der Waals surface area contributed by atoms with E-state index in [0.29, 0.717) is 5.54 Å². The molecule has 0 aromatic carbocycles. The molecule has 1 rings (SSSR count).